The smallest absolute Gasteiger partial charge is 0.280 e. The molecular weight excluding hydrogens is 392 g/mol. The number of aromatic nitrogens is 2. The summed E-state index contributed by atoms with van der Waals surface area (Å²) in [5.74, 6) is 0.215. The molecule has 4 rings (SSSR count). The highest BCUT2D eigenvalue weighted by molar-refractivity contribution is 8.14. The van der Waals surface area contributed by atoms with Gasteiger partial charge in [-0.05, 0) is 36.8 Å². The number of amidine groups is 1. The minimum absolute atomic E-state index is 0.0699. The van der Waals surface area contributed by atoms with Gasteiger partial charge in [0, 0.05) is 16.1 Å². The predicted molar refractivity (Wildman–Crippen MR) is 115 cm³/mol. The zero-order valence-electron chi connectivity index (χ0n) is 15.0. The number of carbonyl (C=O) groups excluding carboxylic acids is 1. The van der Waals surface area contributed by atoms with Gasteiger partial charge in [0.1, 0.15) is 0 Å². The Hall–Kier alpha value is -2.83. The Morgan fingerprint density at radius 3 is 2.61 bits per heavy atom. The second-order valence-corrected chi connectivity index (χ2v) is 7.90. The van der Waals surface area contributed by atoms with Crippen LogP contribution in [0.4, 0.5) is 5.82 Å². The number of nitrogens with zero attached hydrogens (tertiary/aromatic N) is 3. The first kappa shape index (κ1) is 18.5. The average Bonchev–Trinajstić information content (AvgIpc) is 3.03. The summed E-state index contributed by atoms with van der Waals surface area (Å²) in [4.78, 5) is 17.4. The molecule has 1 aliphatic heterocycles. The van der Waals surface area contributed by atoms with Crippen LogP contribution in [0.5, 0.6) is 0 Å². The van der Waals surface area contributed by atoms with Crippen LogP contribution >= 0.6 is 23.4 Å². The van der Waals surface area contributed by atoms with Crippen molar-refractivity contribution in [2.45, 2.75) is 12.2 Å². The number of aryl methyl sites for hydroxylation is 1. The summed E-state index contributed by atoms with van der Waals surface area (Å²) in [6.45, 7) is 1.88. The van der Waals surface area contributed by atoms with Crippen molar-refractivity contribution in [3.05, 3.63) is 88.1 Å². The zero-order valence-corrected chi connectivity index (χ0v) is 16.6. The fourth-order valence-corrected chi connectivity index (χ4v) is 4.12. The molecule has 0 fully saturated rings. The minimum Gasteiger partial charge on any atom is -0.378 e. The lowest BCUT2D eigenvalue weighted by Gasteiger charge is -2.18. The number of benzene rings is 2. The van der Waals surface area contributed by atoms with Crippen LogP contribution < -0.4 is 5.73 Å². The lowest BCUT2D eigenvalue weighted by Crippen LogP contribution is -2.17. The quantitative estimate of drug-likeness (QED) is 0.663. The average molecular weight is 409 g/mol. The number of thioether (sulfide) groups is 1. The molecule has 28 heavy (non-hydrogen) atoms. The Kier molecular flexibility index (Phi) is 5.07. The van der Waals surface area contributed by atoms with Crippen molar-refractivity contribution in [3.63, 3.8) is 0 Å². The number of hydrogen-bond donors (Lipinski definition) is 1. The molecule has 0 saturated heterocycles. The maximum absolute atomic E-state index is 13.0. The Bertz CT molecular complexity index is 1090. The van der Waals surface area contributed by atoms with Gasteiger partial charge < -0.3 is 5.73 Å². The number of aliphatic imine (C=N–C) groups is 1. The Labute approximate surface area is 171 Å². The van der Waals surface area contributed by atoms with Gasteiger partial charge >= 0.3 is 0 Å². The van der Waals surface area contributed by atoms with Crippen LogP contribution in [0.25, 0.3) is 6.08 Å². The minimum atomic E-state index is -0.268. The number of carbonyl (C=O) groups is 1. The highest BCUT2D eigenvalue weighted by Gasteiger charge is 2.29. The van der Waals surface area contributed by atoms with Gasteiger partial charge in [-0.2, -0.15) is 9.78 Å². The largest absolute Gasteiger partial charge is 0.378 e. The van der Waals surface area contributed by atoms with Crippen LogP contribution in [0.1, 0.15) is 32.4 Å². The van der Waals surface area contributed by atoms with E-state index >= 15 is 0 Å². The molecule has 0 amide bonds. The second-order valence-electron chi connectivity index (χ2n) is 6.30. The topological polar surface area (TPSA) is 73.3 Å². The van der Waals surface area contributed by atoms with Crippen molar-refractivity contribution in [3.8, 4) is 0 Å². The predicted octanol–water partition coefficient (Wildman–Crippen LogP) is 4.98. The Balaban J connectivity index is 1.73. The standard InChI is InChI=1S/C21H17ClN4OS/c1-13-18-17(12-7-14-5-3-2-4-6-14)28-21(23)24-19(18)26(25-13)20(27)15-8-10-16(22)11-9-15/h2-12,17H,1H3,(H2,23,24)/b12-7-/t17-/m1/s1. The van der Waals surface area contributed by atoms with Crippen molar-refractivity contribution in [2.24, 2.45) is 10.7 Å². The van der Waals surface area contributed by atoms with E-state index in [1.54, 1.807) is 24.3 Å². The van der Waals surface area contributed by atoms with Gasteiger partial charge in [-0.25, -0.2) is 4.99 Å². The summed E-state index contributed by atoms with van der Waals surface area (Å²) in [6, 6.07) is 16.7. The summed E-state index contributed by atoms with van der Waals surface area (Å²) in [5, 5.41) is 5.36. The Morgan fingerprint density at radius 2 is 1.89 bits per heavy atom. The number of halogens is 1. The van der Waals surface area contributed by atoms with E-state index in [0.717, 1.165) is 16.8 Å². The number of fused-ring (bicyclic) bond motifs is 1. The highest BCUT2D eigenvalue weighted by atomic mass is 35.5. The van der Waals surface area contributed by atoms with Gasteiger partial charge in [0.05, 0.1) is 10.9 Å². The van der Waals surface area contributed by atoms with E-state index in [1.807, 2.05) is 43.3 Å². The van der Waals surface area contributed by atoms with Gasteiger partial charge in [0.15, 0.2) is 11.0 Å². The summed E-state index contributed by atoms with van der Waals surface area (Å²) in [5.41, 5.74) is 9.28. The number of nitrogens with two attached hydrogens (primary N) is 1. The fourth-order valence-electron chi connectivity index (χ4n) is 3.04. The molecule has 1 aromatic heterocycles. The van der Waals surface area contributed by atoms with E-state index in [9.17, 15) is 4.79 Å². The van der Waals surface area contributed by atoms with Crippen molar-refractivity contribution < 1.29 is 4.79 Å². The molecule has 5 nitrogen and oxygen atoms in total. The SMILES string of the molecule is Cc1nn(C(=O)c2ccc(Cl)cc2)c2c1[C@@H](/C=C\c1ccccc1)SC(N)=N2. The third-order valence-electron chi connectivity index (χ3n) is 4.38. The van der Waals surface area contributed by atoms with Crippen molar-refractivity contribution in [1.29, 1.82) is 0 Å². The third kappa shape index (κ3) is 3.61. The van der Waals surface area contributed by atoms with Crippen LogP contribution in [0.15, 0.2) is 65.7 Å². The molecule has 2 heterocycles. The molecule has 140 valence electrons. The van der Waals surface area contributed by atoms with Gasteiger partial charge in [-0.1, -0.05) is 65.8 Å². The molecule has 0 unspecified atom stereocenters. The van der Waals surface area contributed by atoms with E-state index in [2.05, 4.69) is 16.2 Å². The molecule has 1 aliphatic rings. The van der Waals surface area contributed by atoms with E-state index in [4.69, 9.17) is 17.3 Å². The zero-order chi connectivity index (χ0) is 19.7. The molecule has 0 aliphatic carbocycles. The van der Waals surface area contributed by atoms with E-state index in [-0.39, 0.29) is 11.2 Å². The highest BCUT2D eigenvalue weighted by Crippen LogP contribution is 2.43. The maximum Gasteiger partial charge on any atom is 0.280 e. The lowest BCUT2D eigenvalue weighted by atomic mass is 10.1. The Morgan fingerprint density at radius 1 is 1.18 bits per heavy atom. The molecule has 0 spiro atoms. The van der Waals surface area contributed by atoms with E-state index in [1.165, 1.54) is 16.4 Å². The third-order valence-corrected chi connectivity index (χ3v) is 5.61. The van der Waals surface area contributed by atoms with Crippen molar-refractivity contribution in [1.82, 2.24) is 9.78 Å². The molecule has 7 heteroatoms. The first-order chi connectivity index (χ1) is 13.5. The normalized spacial score (nSPS) is 16.1. The molecule has 3 aromatic rings. The fraction of sp³-hybridized carbons (Fsp3) is 0.0952. The van der Waals surface area contributed by atoms with Crippen LogP contribution in [-0.4, -0.2) is 20.9 Å². The maximum atomic E-state index is 13.0. The van der Waals surface area contributed by atoms with Gasteiger partial charge in [0.25, 0.3) is 5.91 Å². The van der Waals surface area contributed by atoms with Crippen LogP contribution in [-0.2, 0) is 0 Å². The summed E-state index contributed by atoms with van der Waals surface area (Å²) in [6.07, 6.45) is 4.10. The van der Waals surface area contributed by atoms with Crippen LogP contribution in [0.3, 0.4) is 0 Å². The molecule has 0 radical (unpaired) electrons. The lowest BCUT2D eigenvalue weighted by molar-refractivity contribution is 0.0947. The molecule has 0 saturated carbocycles. The summed E-state index contributed by atoms with van der Waals surface area (Å²) < 4.78 is 1.32. The van der Waals surface area contributed by atoms with Gasteiger partial charge in [0.2, 0.25) is 0 Å². The molecule has 2 N–H and O–H groups in total. The van der Waals surface area contributed by atoms with Gasteiger partial charge in [-0.15, -0.1) is 0 Å². The second kappa shape index (κ2) is 7.66. The van der Waals surface area contributed by atoms with E-state index in [0.29, 0.717) is 21.6 Å². The number of rotatable bonds is 3. The number of hydrogen-bond acceptors (Lipinski definition) is 5. The van der Waals surface area contributed by atoms with Crippen LogP contribution in [0, 0.1) is 6.92 Å². The summed E-state index contributed by atoms with van der Waals surface area (Å²) >= 11 is 7.37. The van der Waals surface area contributed by atoms with Crippen LogP contribution in [0.2, 0.25) is 5.02 Å². The molecule has 0 bridgehead atoms. The molecule has 1 atom stereocenters. The molecule has 2 aromatic carbocycles. The van der Waals surface area contributed by atoms with Gasteiger partial charge in [-0.3, -0.25) is 4.79 Å². The van der Waals surface area contributed by atoms with Crippen molar-refractivity contribution >= 4 is 46.3 Å². The first-order valence-electron chi connectivity index (χ1n) is 8.67. The first-order valence-corrected chi connectivity index (χ1v) is 9.92. The molecular formula is C21H17ClN4OS. The monoisotopic (exact) mass is 408 g/mol. The summed E-state index contributed by atoms with van der Waals surface area (Å²) in [7, 11) is 0. The van der Waals surface area contributed by atoms with Crippen molar-refractivity contribution in [2.75, 3.05) is 0 Å². The van der Waals surface area contributed by atoms with E-state index < -0.39 is 0 Å².